The van der Waals surface area contributed by atoms with Crippen molar-refractivity contribution in [1.82, 2.24) is 9.13 Å². The molecule has 4 heterocycles. The van der Waals surface area contributed by atoms with Crippen molar-refractivity contribution in [3.05, 3.63) is 170 Å². The summed E-state index contributed by atoms with van der Waals surface area (Å²) in [5, 5.41) is 15.5. The normalized spacial score (nSPS) is 12.4. The first kappa shape index (κ1) is 29.0. The van der Waals surface area contributed by atoms with Gasteiger partial charge in [-0.25, -0.2) is 0 Å². The summed E-state index contributed by atoms with van der Waals surface area (Å²) in [7, 11) is 0. The summed E-state index contributed by atoms with van der Waals surface area (Å²) in [4.78, 5) is 0. The lowest BCUT2D eigenvalue weighted by molar-refractivity contribution is 1.19. The number of hydrogen-bond donors (Lipinski definition) is 0. The van der Waals surface area contributed by atoms with Crippen LogP contribution in [-0.2, 0) is 0 Å². The first-order valence-corrected chi connectivity index (χ1v) is 20.1. The summed E-state index contributed by atoms with van der Waals surface area (Å²) in [5.74, 6) is 0. The van der Waals surface area contributed by atoms with E-state index in [2.05, 4.69) is 179 Å². The van der Waals surface area contributed by atoms with Crippen LogP contribution in [0.4, 0.5) is 0 Å². The van der Waals surface area contributed by atoms with Gasteiger partial charge in [0.2, 0.25) is 0 Å². The largest absolute Gasteiger partial charge is 0.308 e. The maximum Gasteiger partial charge on any atom is 0.0620 e. The highest BCUT2D eigenvalue weighted by molar-refractivity contribution is 7.26. The predicted octanol–water partition coefficient (Wildman–Crippen LogP) is 14.9. The highest BCUT2D eigenvalue weighted by Crippen LogP contribution is 2.49. The predicted molar refractivity (Wildman–Crippen MR) is 236 cm³/mol. The molecule has 0 radical (unpaired) electrons. The number of rotatable bonds is 2. The molecule has 0 amide bonds. The van der Waals surface area contributed by atoms with Crippen LogP contribution in [0.1, 0.15) is 0 Å². The van der Waals surface area contributed by atoms with E-state index in [1.54, 1.807) is 0 Å². The molecule has 13 rings (SSSR count). The van der Waals surface area contributed by atoms with Gasteiger partial charge in [0.05, 0.1) is 33.4 Å². The molecule has 0 spiro atoms. The minimum absolute atomic E-state index is 1.22. The van der Waals surface area contributed by atoms with Crippen LogP contribution in [0.25, 0.3) is 117 Å². The van der Waals surface area contributed by atoms with Crippen LogP contribution in [0, 0.1) is 0 Å². The SMILES string of the molecule is c1ccc2c(c1)sc1ccc3c(c4ccccc4n3-c3c4ccccc4c(-n4c5ccccc5c5c6c(ccc54)sc4ccccc46)c4ccccc34)c12. The fourth-order valence-corrected chi connectivity index (χ4v) is 11.8. The molecule has 0 aliphatic carbocycles. The van der Waals surface area contributed by atoms with Gasteiger partial charge in [0.1, 0.15) is 0 Å². The third kappa shape index (κ3) is 3.64. The van der Waals surface area contributed by atoms with E-state index in [0.717, 1.165) is 0 Å². The Hall–Kier alpha value is -6.46. The zero-order chi connectivity index (χ0) is 35.1. The second-order valence-corrected chi connectivity index (χ2v) is 16.5. The number of nitrogens with zero attached hydrogens (tertiary/aromatic N) is 2. The van der Waals surface area contributed by atoms with Gasteiger partial charge in [-0.05, 0) is 48.5 Å². The maximum absolute atomic E-state index is 2.55. The molecule has 0 unspecified atom stereocenters. The van der Waals surface area contributed by atoms with E-state index in [1.807, 2.05) is 22.7 Å². The molecule has 0 saturated heterocycles. The van der Waals surface area contributed by atoms with Gasteiger partial charge in [0.15, 0.2) is 0 Å². The molecule has 0 N–H and O–H groups in total. The lowest BCUT2D eigenvalue weighted by Gasteiger charge is -2.21. The highest BCUT2D eigenvalue weighted by Gasteiger charge is 2.25. The molecule has 0 atom stereocenters. The molecule has 2 nitrogen and oxygen atoms in total. The van der Waals surface area contributed by atoms with Crippen LogP contribution < -0.4 is 0 Å². The lowest BCUT2D eigenvalue weighted by Crippen LogP contribution is -2.02. The van der Waals surface area contributed by atoms with Crippen LogP contribution in [0.15, 0.2) is 170 Å². The quantitative estimate of drug-likeness (QED) is 0.157. The van der Waals surface area contributed by atoms with E-state index in [0.29, 0.717) is 0 Å². The second-order valence-electron chi connectivity index (χ2n) is 14.4. The Balaban J connectivity index is 1.22. The smallest absolute Gasteiger partial charge is 0.0620 e. The molecule has 13 aromatic rings. The Kier molecular flexibility index (Phi) is 5.69. The number of fused-ring (bicyclic) bond motifs is 16. The van der Waals surface area contributed by atoms with E-state index in [-0.39, 0.29) is 0 Å². The maximum atomic E-state index is 2.55. The van der Waals surface area contributed by atoms with Crippen molar-refractivity contribution < 1.29 is 0 Å². The Labute approximate surface area is 316 Å². The molecule has 0 bridgehead atoms. The van der Waals surface area contributed by atoms with Crippen LogP contribution in [-0.4, -0.2) is 9.13 Å². The minimum Gasteiger partial charge on any atom is -0.308 e. The average Bonchev–Trinajstić information content (AvgIpc) is 3.97. The van der Waals surface area contributed by atoms with Crippen molar-refractivity contribution in [3.63, 3.8) is 0 Å². The van der Waals surface area contributed by atoms with Crippen molar-refractivity contribution in [1.29, 1.82) is 0 Å². The Morgan fingerprint density at radius 1 is 0.241 bits per heavy atom. The molecule has 0 saturated carbocycles. The molecule has 250 valence electrons. The minimum atomic E-state index is 1.22. The molecular weight excluding hydrogens is 693 g/mol. The van der Waals surface area contributed by atoms with Gasteiger partial charge < -0.3 is 9.13 Å². The standard InChI is InChI=1S/C50H28N2S2/c1-2-14-30-29(13-1)49(51-37-21-9-5-17-33(37)45-39(51)25-27-43-47(45)35-19-7-11-23-41(35)53-43)31-15-3-4-16-32(31)50(30)52-38-22-10-6-18-34(38)46-40(52)26-28-44-48(46)36-20-8-12-24-42(36)54-44/h1-28H. The van der Waals surface area contributed by atoms with E-state index in [4.69, 9.17) is 0 Å². The Morgan fingerprint density at radius 2 is 0.574 bits per heavy atom. The zero-order valence-electron chi connectivity index (χ0n) is 28.9. The molecule has 4 aromatic heterocycles. The number of para-hydroxylation sites is 2. The second kappa shape index (κ2) is 10.6. The average molecular weight is 721 g/mol. The van der Waals surface area contributed by atoms with Crippen LogP contribution in [0.5, 0.6) is 0 Å². The molecule has 0 aliphatic rings. The van der Waals surface area contributed by atoms with E-state index in [9.17, 15) is 0 Å². The number of benzene rings is 9. The Bertz CT molecular complexity index is 3440. The third-order valence-electron chi connectivity index (χ3n) is 11.7. The lowest BCUT2D eigenvalue weighted by atomic mass is 9.97. The first-order chi connectivity index (χ1) is 26.8. The monoisotopic (exact) mass is 720 g/mol. The summed E-state index contributed by atoms with van der Waals surface area (Å²) in [6, 6.07) is 63.2. The fourth-order valence-electron chi connectivity index (χ4n) is 9.59. The number of thiophene rings is 2. The topological polar surface area (TPSA) is 9.86 Å². The summed E-state index contributed by atoms with van der Waals surface area (Å²) < 4.78 is 10.4. The van der Waals surface area contributed by atoms with Crippen molar-refractivity contribution in [2.75, 3.05) is 0 Å². The summed E-state index contributed by atoms with van der Waals surface area (Å²) >= 11 is 3.78. The number of hydrogen-bond acceptors (Lipinski definition) is 2. The summed E-state index contributed by atoms with van der Waals surface area (Å²) in [6.45, 7) is 0. The van der Waals surface area contributed by atoms with Crippen LogP contribution in [0.2, 0.25) is 0 Å². The highest BCUT2D eigenvalue weighted by atomic mass is 32.1. The van der Waals surface area contributed by atoms with Gasteiger partial charge in [-0.2, -0.15) is 0 Å². The van der Waals surface area contributed by atoms with Crippen molar-refractivity contribution in [2.24, 2.45) is 0 Å². The van der Waals surface area contributed by atoms with Gasteiger partial charge in [-0.1, -0.05) is 121 Å². The van der Waals surface area contributed by atoms with Gasteiger partial charge in [-0.15, -0.1) is 22.7 Å². The van der Waals surface area contributed by atoms with Crippen molar-refractivity contribution in [2.45, 2.75) is 0 Å². The molecule has 0 fully saturated rings. The van der Waals surface area contributed by atoms with Crippen LogP contribution >= 0.6 is 22.7 Å². The van der Waals surface area contributed by atoms with E-state index < -0.39 is 0 Å². The number of aromatic nitrogens is 2. The van der Waals surface area contributed by atoms with Crippen LogP contribution in [0.3, 0.4) is 0 Å². The Morgan fingerprint density at radius 3 is 0.981 bits per heavy atom. The van der Waals surface area contributed by atoms with Gasteiger partial charge in [0.25, 0.3) is 0 Å². The molecule has 54 heavy (non-hydrogen) atoms. The zero-order valence-corrected chi connectivity index (χ0v) is 30.5. The van der Waals surface area contributed by atoms with Gasteiger partial charge in [0, 0.05) is 83.4 Å². The van der Waals surface area contributed by atoms with E-state index >= 15 is 0 Å². The molecular formula is C50H28N2S2. The first-order valence-electron chi connectivity index (χ1n) is 18.4. The summed E-state index contributed by atoms with van der Waals surface area (Å²) in [5.41, 5.74) is 7.37. The third-order valence-corrected chi connectivity index (χ3v) is 13.9. The fraction of sp³-hybridized carbons (Fsp3) is 0. The summed E-state index contributed by atoms with van der Waals surface area (Å²) in [6.07, 6.45) is 0. The van der Waals surface area contributed by atoms with Crippen molar-refractivity contribution in [3.8, 4) is 11.4 Å². The molecule has 4 heteroatoms. The van der Waals surface area contributed by atoms with Crippen molar-refractivity contribution >= 4 is 128 Å². The van der Waals surface area contributed by atoms with Gasteiger partial charge in [-0.3, -0.25) is 0 Å². The van der Waals surface area contributed by atoms with Gasteiger partial charge >= 0.3 is 0 Å². The van der Waals surface area contributed by atoms with E-state index in [1.165, 1.54) is 117 Å². The molecule has 0 aliphatic heterocycles. The molecule has 9 aromatic carbocycles.